The van der Waals surface area contributed by atoms with E-state index < -0.39 is 23.9 Å². The number of para-hydroxylation sites is 1. The summed E-state index contributed by atoms with van der Waals surface area (Å²) in [5.74, 6) is -0.989. The number of carbonyl (C=O) groups excluding carboxylic acids is 3. The quantitative estimate of drug-likeness (QED) is 0.383. The lowest BCUT2D eigenvalue weighted by Crippen LogP contribution is -2.27. The Morgan fingerprint density at radius 1 is 0.886 bits per heavy atom. The molecule has 4 aromatic rings. The van der Waals surface area contributed by atoms with Crippen LogP contribution in [0.3, 0.4) is 0 Å². The predicted molar refractivity (Wildman–Crippen MR) is 130 cm³/mol. The number of benzene rings is 3. The molecule has 0 saturated carbocycles. The number of esters is 2. The molecule has 0 radical (unpaired) electrons. The SMILES string of the molecule is COC(=O)c1cn(CC(=O)OC(C(=O)Nc2ccc(OC)cc2)c2ccccc2)c2ccccc12. The molecule has 178 valence electrons. The minimum Gasteiger partial charge on any atom is -0.497 e. The molecular formula is C27H24N2O6. The minimum atomic E-state index is -1.17. The number of nitrogens with one attached hydrogen (secondary N) is 1. The second-order valence-electron chi connectivity index (χ2n) is 7.68. The Bertz CT molecular complexity index is 1350. The van der Waals surface area contributed by atoms with Gasteiger partial charge < -0.3 is 24.1 Å². The monoisotopic (exact) mass is 472 g/mol. The number of nitrogens with zero attached hydrogens (tertiary/aromatic N) is 1. The van der Waals surface area contributed by atoms with Gasteiger partial charge in [-0.15, -0.1) is 0 Å². The van der Waals surface area contributed by atoms with E-state index in [0.717, 1.165) is 0 Å². The first kappa shape index (κ1) is 23.6. The highest BCUT2D eigenvalue weighted by molar-refractivity contribution is 6.04. The number of ether oxygens (including phenoxy) is 3. The number of amides is 1. The first-order valence-electron chi connectivity index (χ1n) is 10.9. The minimum absolute atomic E-state index is 0.198. The van der Waals surface area contributed by atoms with Crippen molar-refractivity contribution in [3.05, 3.63) is 96.2 Å². The fourth-order valence-corrected chi connectivity index (χ4v) is 3.74. The molecule has 0 aliphatic carbocycles. The predicted octanol–water partition coefficient (Wildman–Crippen LogP) is 4.36. The molecule has 0 fully saturated rings. The summed E-state index contributed by atoms with van der Waals surface area (Å²) in [4.78, 5) is 38.3. The standard InChI is InChI=1S/C27H24N2O6/c1-33-20-14-12-19(13-15-20)28-26(31)25(18-8-4-3-5-9-18)35-24(30)17-29-16-22(27(32)34-2)21-10-6-7-11-23(21)29/h3-16,25H,17H2,1-2H3,(H,28,31). The topological polar surface area (TPSA) is 95.9 Å². The molecule has 1 aromatic heterocycles. The van der Waals surface area contributed by atoms with Gasteiger partial charge in [0.05, 0.1) is 19.8 Å². The summed E-state index contributed by atoms with van der Waals surface area (Å²) in [7, 11) is 2.86. The van der Waals surface area contributed by atoms with Gasteiger partial charge in [-0.05, 0) is 30.3 Å². The summed E-state index contributed by atoms with van der Waals surface area (Å²) in [5, 5.41) is 3.43. The van der Waals surface area contributed by atoms with Gasteiger partial charge in [0.1, 0.15) is 12.3 Å². The number of aromatic nitrogens is 1. The van der Waals surface area contributed by atoms with Crippen molar-refractivity contribution < 1.29 is 28.6 Å². The second-order valence-corrected chi connectivity index (χ2v) is 7.68. The van der Waals surface area contributed by atoms with Crippen molar-refractivity contribution in [3.63, 3.8) is 0 Å². The Morgan fingerprint density at radius 3 is 2.26 bits per heavy atom. The molecular weight excluding hydrogens is 448 g/mol. The Labute approximate surface area is 202 Å². The first-order valence-corrected chi connectivity index (χ1v) is 10.9. The van der Waals surface area contributed by atoms with E-state index in [0.29, 0.717) is 33.5 Å². The highest BCUT2D eigenvalue weighted by Gasteiger charge is 2.26. The molecule has 1 amide bonds. The zero-order valence-electron chi connectivity index (χ0n) is 19.3. The smallest absolute Gasteiger partial charge is 0.340 e. The fourth-order valence-electron chi connectivity index (χ4n) is 3.74. The van der Waals surface area contributed by atoms with Gasteiger partial charge in [-0.25, -0.2) is 4.79 Å². The Kier molecular flexibility index (Phi) is 7.11. The van der Waals surface area contributed by atoms with Crippen LogP contribution in [-0.4, -0.2) is 36.6 Å². The Morgan fingerprint density at radius 2 is 1.57 bits per heavy atom. The highest BCUT2D eigenvalue weighted by Crippen LogP contribution is 2.24. The lowest BCUT2D eigenvalue weighted by molar-refractivity contribution is -0.155. The van der Waals surface area contributed by atoms with Crippen molar-refractivity contribution in [1.82, 2.24) is 4.57 Å². The number of hydrogen-bond acceptors (Lipinski definition) is 6. The van der Waals surface area contributed by atoms with E-state index in [1.54, 1.807) is 90.7 Å². The summed E-state index contributed by atoms with van der Waals surface area (Å²) < 4.78 is 17.3. The van der Waals surface area contributed by atoms with Crippen LogP contribution in [0.1, 0.15) is 22.0 Å². The molecule has 1 unspecified atom stereocenters. The van der Waals surface area contributed by atoms with E-state index in [1.165, 1.54) is 7.11 Å². The van der Waals surface area contributed by atoms with Crippen molar-refractivity contribution in [2.75, 3.05) is 19.5 Å². The summed E-state index contributed by atoms with van der Waals surface area (Å²) >= 11 is 0. The van der Waals surface area contributed by atoms with Crippen LogP contribution in [0.5, 0.6) is 5.75 Å². The van der Waals surface area contributed by atoms with Gasteiger partial charge in [0.15, 0.2) is 0 Å². The zero-order chi connectivity index (χ0) is 24.8. The first-order chi connectivity index (χ1) is 17.0. The van der Waals surface area contributed by atoms with Crippen molar-refractivity contribution >= 4 is 34.4 Å². The van der Waals surface area contributed by atoms with E-state index in [2.05, 4.69) is 5.32 Å². The number of hydrogen-bond donors (Lipinski definition) is 1. The van der Waals surface area contributed by atoms with Crippen molar-refractivity contribution in [3.8, 4) is 5.75 Å². The molecule has 4 rings (SSSR count). The summed E-state index contributed by atoms with van der Waals surface area (Å²) in [6, 6.07) is 22.8. The molecule has 0 spiro atoms. The van der Waals surface area contributed by atoms with Gasteiger partial charge in [-0.3, -0.25) is 9.59 Å². The van der Waals surface area contributed by atoms with Crippen LogP contribution >= 0.6 is 0 Å². The van der Waals surface area contributed by atoms with E-state index in [1.807, 2.05) is 6.07 Å². The van der Waals surface area contributed by atoms with Gasteiger partial charge in [-0.2, -0.15) is 0 Å². The molecule has 1 atom stereocenters. The average Bonchev–Trinajstić information content (AvgIpc) is 3.26. The third kappa shape index (κ3) is 5.33. The normalized spacial score (nSPS) is 11.5. The van der Waals surface area contributed by atoms with E-state index in [-0.39, 0.29) is 6.54 Å². The van der Waals surface area contributed by atoms with Crippen LogP contribution in [0.15, 0.2) is 85.1 Å². The van der Waals surface area contributed by atoms with E-state index in [4.69, 9.17) is 14.2 Å². The molecule has 1 N–H and O–H groups in total. The molecule has 0 aliphatic rings. The third-order valence-corrected chi connectivity index (χ3v) is 5.44. The van der Waals surface area contributed by atoms with E-state index in [9.17, 15) is 14.4 Å². The average molecular weight is 472 g/mol. The third-order valence-electron chi connectivity index (χ3n) is 5.44. The molecule has 3 aromatic carbocycles. The van der Waals surface area contributed by atoms with Crippen molar-refractivity contribution in [1.29, 1.82) is 0 Å². The van der Waals surface area contributed by atoms with Crippen LogP contribution in [0, 0.1) is 0 Å². The number of fused-ring (bicyclic) bond motifs is 1. The van der Waals surface area contributed by atoms with Crippen LogP contribution in [0.2, 0.25) is 0 Å². The summed E-state index contributed by atoms with van der Waals surface area (Å²) in [6.07, 6.45) is 0.375. The molecule has 1 heterocycles. The van der Waals surface area contributed by atoms with Gasteiger partial charge in [0.25, 0.3) is 5.91 Å². The van der Waals surface area contributed by atoms with Gasteiger partial charge >= 0.3 is 11.9 Å². The Balaban J connectivity index is 1.56. The lowest BCUT2D eigenvalue weighted by atomic mass is 10.1. The zero-order valence-corrected chi connectivity index (χ0v) is 19.3. The largest absolute Gasteiger partial charge is 0.497 e. The summed E-state index contributed by atoms with van der Waals surface area (Å²) in [5.41, 5.74) is 2.07. The van der Waals surface area contributed by atoms with Crippen LogP contribution < -0.4 is 10.1 Å². The molecule has 8 heteroatoms. The molecule has 0 bridgehead atoms. The Hall–Kier alpha value is -4.59. The second kappa shape index (κ2) is 10.6. The molecule has 8 nitrogen and oxygen atoms in total. The molecule has 0 aliphatic heterocycles. The number of anilines is 1. The molecule has 35 heavy (non-hydrogen) atoms. The maximum absolute atomic E-state index is 13.1. The number of methoxy groups -OCH3 is 2. The van der Waals surface area contributed by atoms with Crippen LogP contribution in [-0.2, 0) is 25.6 Å². The number of carbonyl (C=O) groups is 3. The fraction of sp³-hybridized carbons (Fsp3) is 0.148. The van der Waals surface area contributed by atoms with Gasteiger partial charge in [0.2, 0.25) is 6.10 Å². The lowest BCUT2D eigenvalue weighted by Gasteiger charge is -2.18. The van der Waals surface area contributed by atoms with E-state index >= 15 is 0 Å². The van der Waals surface area contributed by atoms with Gasteiger partial charge in [-0.1, -0.05) is 48.5 Å². The maximum Gasteiger partial charge on any atom is 0.340 e. The van der Waals surface area contributed by atoms with Gasteiger partial charge in [0, 0.05) is 28.4 Å². The summed E-state index contributed by atoms with van der Waals surface area (Å²) in [6.45, 7) is -0.198. The van der Waals surface area contributed by atoms with Crippen molar-refractivity contribution in [2.45, 2.75) is 12.6 Å². The van der Waals surface area contributed by atoms with Crippen LogP contribution in [0.25, 0.3) is 10.9 Å². The van der Waals surface area contributed by atoms with Crippen molar-refractivity contribution in [2.24, 2.45) is 0 Å². The molecule has 0 saturated heterocycles. The number of rotatable bonds is 8. The van der Waals surface area contributed by atoms with Crippen LogP contribution in [0.4, 0.5) is 5.69 Å². The highest BCUT2D eigenvalue weighted by atomic mass is 16.5. The maximum atomic E-state index is 13.1.